The molecule has 158 valence electrons. The smallest absolute Gasteiger partial charge is 0.223 e. The third-order valence-corrected chi connectivity index (χ3v) is 5.80. The zero-order chi connectivity index (χ0) is 21.3. The molecule has 2 heterocycles. The van der Waals surface area contributed by atoms with E-state index in [4.69, 9.17) is 9.72 Å². The molecule has 0 radical (unpaired) electrons. The van der Waals surface area contributed by atoms with Gasteiger partial charge < -0.3 is 14.2 Å². The predicted octanol–water partition coefficient (Wildman–Crippen LogP) is 4.93. The van der Waals surface area contributed by atoms with Gasteiger partial charge in [-0.1, -0.05) is 29.8 Å². The number of ether oxygens (including phenoxy) is 1. The lowest BCUT2D eigenvalue weighted by molar-refractivity contribution is -0.131. The van der Waals surface area contributed by atoms with Crippen LogP contribution in [0.2, 0.25) is 0 Å². The monoisotopic (exact) mass is 405 g/mol. The maximum Gasteiger partial charge on any atom is 0.223 e. The van der Waals surface area contributed by atoms with E-state index < -0.39 is 0 Å². The van der Waals surface area contributed by atoms with Crippen LogP contribution in [0.1, 0.15) is 50.9 Å². The summed E-state index contributed by atoms with van der Waals surface area (Å²) in [5.41, 5.74) is 3.19. The summed E-state index contributed by atoms with van der Waals surface area (Å²) in [6, 6.07) is 16.4. The fourth-order valence-corrected chi connectivity index (χ4v) is 4.22. The highest BCUT2D eigenvalue weighted by Gasteiger charge is 2.38. The van der Waals surface area contributed by atoms with Crippen molar-refractivity contribution in [2.75, 3.05) is 13.2 Å². The summed E-state index contributed by atoms with van der Waals surface area (Å²) in [6.45, 7) is 10.6. The molecular weight excluding hydrogens is 374 g/mol. The molecule has 1 aliphatic heterocycles. The molecular formula is C25H31N3O2. The quantitative estimate of drug-likeness (QED) is 0.547. The molecule has 1 amide bonds. The lowest BCUT2D eigenvalue weighted by atomic mass is 10.1. The van der Waals surface area contributed by atoms with Gasteiger partial charge >= 0.3 is 0 Å². The number of carbonyl (C=O) groups excluding carboxylic acids is 1. The van der Waals surface area contributed by atoms with Crippen LogP contribution < -0.4 is 4.74 Å². The fraction of sp³-hybridized carbons (Fsp3) is 0.440. The minimum atomic E-state index is -0.162. The molecule has 1 fully saturated rings. The van der Waals surface area contributed by atoms with Crippen LogP contribution in [-0.4, -0.2) is 39.0 Å². The largest absolute Gasteiger partial charge is 0.494 e. The number of fused-ring (bicyclic) bond motifs is 1. The third-order valence-electron chi connectivity index (χ3n) is 5.80. The molecule has 3 aromatic rings. The van der Waals surface area contributed by atoms with E-state index in [0.29, 0.717) is 13.0 Å². The Hall–Kier alpha value is -2.82. The molecule has 2 aromatic carbocycles. The molecule has 1 unspecified atom stereocenters. The lowest BCUT2D eigenvalue weighted by Crippen LogP contribution is -2.42. The molecule has 4 rings (SSSR count). The van der Waals surface area contributed by atoms with Crippen LogP contribution in [0.3, 0.4) is 0 Å². The van der Waals surface area contributed by atoms with Gasteiger partial charge in [0.15, 0.2) is 0 Å². The summed E-state index contributed by atoms with van der Waals surface area (Å²) in [5.74, 6) is 2.26. The summed E-state index contributed by atoms with van der Waals surface area (Å²) in [7, 11) is 0. The lowest BCUT2D eigenvalue weighted by Gasteiger charge is -2.32. The molecule has 1 aromatic heterocycles. The van der Waals surface area contributed by atoms with Gasteiger partial charge in [-0.2, -0.15) is 0 Å². The van der Waals surface area contributed by atoms with Crippen LogP contribution >= 0.6 is 0 Å². The van der Waals surface area contributed by atoms with Gasteiger partial charge in [0, 0.05) is 31.0 Å². The van der Waals surface area contributed by atoms with E-state index in [-0.39, 0.29) is 17.4 Å². The number of hydrogen-bond donors (Lipinski definition) is 0. The normalized spacial score (nSPS) is 17.1. The highest BCUT2D eigenvalue weighted by molar-refractivity contribution is 5.81. The first-order valence-corrected chi connectivity index (χ1v) is 10.8. The first kappa shape index (κ1) is 20.5. The summed E-state index contributed by atoms with van der Waals surface area (Å²) in [4.78, 5) is 19.6. The molecule has 0 saturated carbocycles. The SMILES string of the molecule is Cc1ccc(OCCCn2c(C3CC(=O)N(C(C)(C)C)C3)nc3ccccc32)cc1. The van der Waals surface area contributed by atoms with Crippen molar-refractivity contribution < 1.29 is 9.53 Å². The van der Waals surface area contributed by atoms with Crippen molar-refractivity contribution in [3.05, 3.63) is 59.9 Å². The molecule has 0 bridgehead atoms. The van der Waals surface area contributed by atoms with E-state index in [9.17, 15) is 4.79 Å². The van der Waals surface area contributed by atoms with Crippen molar-refractivity contribution in [2.45, 2.75) is 58.5 Å². The Kier molecular flexibility index (Phi) is 5.54. The van der Waals surface area contributed by atoms with Gasteiger partial charge in [0.1, 0.15) is 11.6 Å². The van der Waals surface area contributed by atoms with Crippen LogP contribution in [0.4, 0.5) is 0 Å². The predicted molar refractivity (Wildman–Crippen MR) is 120 cm³/mol. The second-order valence-electron chi connectivity index (χ2n) is 9.20. The molecule has 5 heteroatoms. The second kappa shape index (κ2) is 8.13. The van der Waals surface area contributed by atoms with Gasteiger partial charge in [0.05, 0.1) is 17.6 Å². The van der Waals surface area contributed by atoms with Crippen LogP contribution in [-0.2, 0) is 11.3 Å². The Morgan fingerprint density at radius 1 is 1.10 bits per heavy atom. The third kappa shape index (κ3) is 4.20. The summed E-state index contributed by atoms with van der Waals surface area (Å²) < 4.78 is 8.21. The standard InChI is InChI=1S/C25H31N3O2/c1-18-10-12-20(13-11-18)30-15-7-14-27-22-9-6-5-8-21(22)26-24(27)19-16-23(29)28(17-19)25(2,3)4/h5-6,8-13,19H,7,14-17H2,1-4H3. The Balaban J connectivity index is 1.51. The Morgan fingerprint density at radius 3 is 2.53 bits per heavy atom. The molecule has 0 N–H and O–H groups in total. The van der Waals surface area contributed by atoms with Gasteiger partial charge in [-0.25, -0.2) is 4.98 Å². The number of imidazole rings is 1. The van der Waals surface area contributed by atoms with E-state index in [0.717, 1.165) is 42.1 Å². The zero-order valence-corrected chi connectivity index (χ0v) is 18.4. The van der Waals surface area contributed by atoms with Crippen LogP contribution in [0, 0.1) is 6.92 Å². The number of benzene rings is 2. The van der Waals surface area contributed by atoms with Crippen LogP contribution in [0.15, 0.2) is 48.5 Å². The summed E-state index contributed by atoms with van der Waals surface area (Å²) in [5, 5.41) is 0. The van der Waals surface area contributed by atoms with Crippen molar-refractivity contribution in [1.82, 2.24) is 14.5 Å². The van der Waals surface area contributed by atoms with Gasteiger partial charge in [0.2, 0.25) is 5.91 Å². The van der Waals surface area contributed by atoms with Crippen molar-refractivity contribution in [1.29, 1.82) is 0 Å². The Morgan fingerprint density at radius 2 is 1.83 bits per heavy atom. The second-order valence-corrected chi connectivity index (χ2v) is 9.20. The van der Waals surface area contributed by atoms with Crippen molar-refractivity contribution in [3.63, 3.8) is 0 Å². The molecule has 5 nitrogen and oxygen atoms in total. The highest BCUT2D eigenvalue weighted by Crippen LogP contribution is 2.34. The maximum absolute atomic E-state index is 12.6. The number of rotatable bonds is 6. The number of nitrogens with zero attached hydrogens (tertiary/aromatic N) is 3. The fourth-order valence-electron chi connectivity index (χ4n) is 4.22. The highest BCUT2D eigenvalue weighted by atomic mass is 16.5. The minimum absolute atomic E-state index is 0.127. The molecule has 30 heavy (non-hydrogen) atoms. The van der Waals surface area contributed by atoms with Gasteiger partial charge in [-0.05, 0) is 58.4 Å². The first-order valence-electron chi connectivity index (χ1n) is 10.8. The number of aryl methyl sites for hydroxylation is 2. The van der Waals surface area contributed by atoms with E-state index >= 15 is 0 Å². The number of likely N-dealkylation sites (tertiary alicyclic amines) is 1. The molecule has 0 aliphatic carbocycles. The maximum atomic E-state index is 12.6. The Labute approximate surface area is 178 Å². The van der Waals surface area contributed by atoms with E-state index in [1.165, 1.54) is 5.56 Å². The van der Waals surface area contributed by atoms with Gasteiger partial charge in [0.25, 0.3) is 0 Å². The van der Waals surface area contributed by atoms with Gasteiger partial charge in [-0.15, -0.1) is 0 Å². The topological polar surface area (TPSA) is 47.4 Å². The van der Waals surface area contributed by atoms with E-state index in [1.54, 1.807) is 0 Å². The van der Waals surface area contributed by atoms with Gasteiger partial charge in [-0.3, -0.25) is 4.79 Å². The van der Waals surface area contributed by atoms with Crippen LogP contribution in [0.5, 0.6) is 5.75 Å². The number of hydrogen-bond acceptors (Lipinski definition) is 3. The minimum Gasteiger partial charge on any atom is -0.494 e. The first-order chi connectivity index (χ1) is 14.3. The number of aromatic nitrogens is 2. The average molecular weight is 406 g/mol. The number of amides is 1. The summed E-state index contributed by atoms with van der Waals surface area (Å²) >= 11 is 0. The van der Waals surface area contributed by atoms with Crippen molar-refractivity contribution in [3.8, 4) is 5.75 Å². The van der Waals surface area contributed by atoms with Crippen molar-refractivity contribution >= 4 is 16.9 Å². The van der Waals surface area contributed by atoms with Crippen LogP contribution in [0.25, 0.3) is 11.0 Å². The number of para-hydroxylation sites is 2. The molecule has 1 atom stereocenters. The Bertz CT molecular complexity index is 1030. The summed E-state index contributed by atoms with van der Waals surface area (Å²) in [6.07, 6.45) is 1.41. The molecule has 0 spiro atoms. The van der Waals surface area contributed by atoms with E-state index in [2.05, 4.69) is 56.5 Å². The van der Waals surface area contributed by atoms with Crippen molar-refractivity contribution in [2.24, 2.45) is 0 Å². The average Bonchev–Trinajstić information content (AvgIpc) is 3.27. The zero-order valence-electron chi connectivity index (χ0n) is 18.4. The molecule has 1 saturated heterocycles. The number of carbonyl (C=O) groups is 1. The molecule has 1 aliphatic rings. The van der Waals surface area contributed by atoms with E-state index in [1.807, 2.05) is 29.2 Å².